The summed E-state index contributed by atoms with van der Waals surface area (Å²) in [4.78, 5) is 17.1. The Morgan fingerprint density at radius 3 is 2.67 bits per heavy atom. The van der Waals surface area contributed by atoms with Crippen molar-refractivity contribution in [3.63, 3.8) is 0 Å². The Morgan fingerprint density at radius 2 is 2.00 bits per heavy atom. The molecule has 0 N–H and O–H groups in total. The Balaban J connectivity index is 1.57. The van der Waals surface area contributed by atoms with E-state index in [0.29, 0.717) is 18.5 Å². The number of methoxy groups -OCH3 is 2. The van der Waals surface area contributed by atoms with Crippen LogP contribution in [0.3, 0.4) is 0 Å². The molecule has 5 nitrogen and oxygen atoms in total. The van der Waals surface area contributed by atoms with Crippen LogP contribution in [0.2, 0.25) is 0 Å². The molecule has 0 bridgehead atoms. The Labute approximate surface area is 144 Å². The molecule has 3 rings (SSSR count). The summed E-state index contributed by atoms with van der Waals surface area (Å²) in [5.41, 5.74) is 0.886. The summed E-state index contributed by atoms with van der Waals surface area (Å²) in [5.74, 6) is 1.66. The van der Waals surface area contributed by atoms with Crippen LogP contribution in [0, 0.1) is 0 Å². The maximum absolute atomic E-state index is 12.6. The van der Waals surface area contributed by atoms with E-state index in [9.17, 15) is 4.79 Å². The number of ether oxygens (including phenoxy) is 2. The van der Waals surface area contributed by atoms with E-state index in [1.807, 2.05) is 23.1 Å². The van der Waals surface area contributed by atoms with Crippen molar-refractivity contribution < 1.29 is 14.3 Å². The van der Waals surface area contributed by atoms with Gasteiger partial charge in [-0.2, -0.15) is 0 Å². The predicted molar refractivity (Wildman–Crippen MR) is 93.6 cm³/mol. The van der Waals surface area contributed by atoms with Gasteiger partial charge in [-0.15, -0.1) is 0 Å². The number of hydrogen-bond acceptors (Lipinski definition) is 4. The predicted octanol–water partition coefficient (Wildman–Crippen LogP) is 2.33. The van der Waals surface area contributed by atoms with Gasteiger partial charge < -0.3 is 14.4 Å². The molecule has 2 aliphatic rings. The first-order chi connectivity index (χ1) is 11.6. The molecule has 5 heteroatoms. The van der Waals surface area contributed by atoms with Gasteiger partial charge in [0.25, 0.3) is 0 Å². The van der Waals surface area contributed by atoms with Gasteiger partial charge in [0.1, 0.15) is 11.5 Å². The molecule has 1 aromatic carbocycles. The van der Waals surface area contributed by atoms with Crippen molar-refractivity contribution in [2.45, 2.75) is 44.7 Å². The van der Waals surface area contributed by atoms with E-state index in [1.54, 1.807) is 14.2 Å². The minimum Gasteiger partial charge on any atom is -0.497 e. The third-order valence-electron chi connectivity index (χ3n) is 5.37. The lowest BCUT2D eigenvalue weighted by atomic mass is 9.97. The third kappa shape index (κ3) is 3.51. The van der Waals surface area contributed by atoms with Gasteiger partial charge in [-0.3, -0.25) is 9.69 Å². The Morgan fingerprint density at radius 1 is 1.21 bits per heavy atom. The number of nitrogens with zero attached hydrogens (tertiary/aromatic N) is 2. The lowest BCUT2D eigenvalue weighted by Crippen LogP contribution is -2.63. The highest BCUT2D eigenvalue weighted by molar-refractivity contribution is 5.80. The normalized spacial score (nSPS) is 22.1. The molecule has 24 heavy (non-hydrogen) atoms. The van der Waals surface area contributed by atoms with Gasteiger partial charge in [-0.1, -0.05) is 6.42 Å². The van der Waals surface area contributed by atoms with Crippen LogP contribution in [-0.4, -0.2) is 61.6 Å². The zero-order valence-corrected chi connectivity index (χ0v) is 15.0. The molecule has 1 atom stereocenters. The van der Waals surface area contributed by atoms with Gasteiger partial charge >= 0.3 is 0 Å². The number of rotatable bonds is 5. The second kappa shape index (κ2) is 7.43. The van der Waals surface area contributed by atoms with E-state index in [2.05, 4.69) is 11.8 Å². The van der Waals surface area contributed by atoms with Crippen LogP contribution in [0.4, 0.5) is 0 Å². The summed E-state index contributed by atoms with van der Waals surface area (Å²) in [6, 6.07) is 6.79. The van der Waals surface area contributed by atoms with Crippen molar-refractivity contribution in [2.24, 2.45) is 0 Å². The smallest absolute Gasteiger partial charge is 0.227 e. The van der Waals surface area contributed by atoms with Crippen LogP contribution in [-0.2, 0) is 11.2 Å². The van der Waals surface area contributed by atoms with Crippen LogP contribution in [0.1, 0.15) is 31.7 Å². The average Bonchev–Trinajstić information content (AvgIpc) is 2.55. The van der Waals surface area contributed by atoms with E-state index in [4.69, 9.17) is 9.47 Å². The molecule has 0 saturated carbocycles. The molecule has 2 saturated heterocycles. The monoisotopic (exact) mass is 332 g/mol. The van der Waals surface area contributed by atoms with Gasteiger partial charge in [0.2, 0.25) is 5.91 Å². The van der Waals surface area contributed by atoms with Crippen LogP contribution in [0.25, 0.3) is 0 Å². The van der Waals surface area contributed by atoms with E-state index in [0.717, 1.165) is 30.2 Å². The van der Waals surface area contributed by atoms with Crippen LogP contribution < -0.4 is 9.47 Å². The quantitative estimate of drug-likeness (QED) is 0.830. The molecule has 0 aromatic heterocycles. The molecule has 0 unspecified atom stereocenters. The largest absolute Gasteiger partial charge is 0.497 e. The molecule has 1 amide bonds. The molecule has 132 valence electrons. The summed E-state index contributed by atoms with van der Waals surface area (Å²) in [5, 5.41) is 0. The van der Waals surface area contributed by atoms with Gasteiger partial charge in [0, 0.05) is 30.7 Å². The molecule has 1 aromatic rings. The summed E-state index contributed by atoms with van der Waals surface area (Å²) in [6.45, 7) is 5.20. The lowest BCUT2D eigenvalue weighted by Gasteiger charge is -2.49. The van der Waals surface area contributed by atoms with Gasteiger partial charge in [-0.25, -0.2) is 0 Å². The molecule has 0 radical (unpaired) electrons. The molecule has 2 aliphatic heterocycles. The van der Waals surface area contributed by atoms with Crippen molar-refractivity contribution in [3.05, 3.63) is 23.8 Å². The molecule has 0 spiro atoms. The average molecular weight is 332 g/mol. The SMILES string of the molecule is COc1ccc(OC)c(CC(=O)N2CC(N3CCCC[C@H]3C)C2)c1. The Bertz CT molecular complexity index is 584. The zero-order valence-electron chi connectivity index (χ0n) is 15.0. The van der Waals surface area contributed by atoms with Crippen LogP contribution >= 0.6 is 0 Å². The number of carbonyl (C=O) groups excluding carboxylic acids is 1. The van der Waals surface area contributed by atoms with Crippen LogP contribution in [0.15, 0.2) is 18.2 Å². The second-order valence-electron chi connectivity index (χ2n) is 6.89. The topological polar surface area (TPSA) is 42.0 Å². The summed E-state index contributed by atoms with van der Waals surface area (Å²) >= 11 is 0. The molecule has 2 heterocycles. The first kappa shape index (κ1) is 17.1. The fourth-order valence-electron chi connectivity index (χ4n) is 3.83. The first-order valence-electron chi connectivity index (χ1n) is 8.86. The van der Waals surface area contributed by atoms with Crippen molar-refractivity contribution in [3.8, 4) is 11.5 Å². The zero-order chi connectivity index (χ0) is 17.1. The van der Waals surface area contributed by atoms with Gasteiger partial charge in [0.05, 0.1) is 20.6 Å². The summed E-state index contributed by atoms with van der Waals surface area (Å²) < 4.78 is 10.6. The maximum Gasteiger partial charge on any atom is 0.227 e. The first-order valence-corrected chi connectivity index (χ1v) is 8.86. The number of piperidine rings is 1. The highest BCUT2D eigenvalue weighted by Crippen LogP contribution is 2.27. The van der Waals surface area contributed by atoms with Crippen molar-refractivity contribution >= 4 is 5.91 Å². The highest BCUT2D eigenvalue weighted by atomic mass is 16.5. The Kier molecular flexibility index (Phi) is 5.29. The standard InChI is InChI=1S/C19H28N2O3/c1-14-6-4-5-9-21(14)16-12-20(13-16)19(22)11-15-10-17(23-2)7-8-18(15)24-3/h7-8,10,14,16H,4-6,9,11-13H2,1-3H3/t14-/m1/s1. The van der Waals surface area contributed by atoms with Gasteiger partial charge in [0.15, 0.2) is 0 Å². The molecule has 0 aliphatic carbocycles. The molecular weight excluding hydrogens is 304 g/mol. The summed E-state index contributed by atoms with van der Waals surface area (Å²) in [6.07, 6.45) is 4.27. The second-order valence-corrected chi connectivity index (χ2v) is 6.89. The fourth-order valence-corrected chi connectivity index (χ4v) is 3.83. The van der Waals surface area contributed by atoms with Crippen molar-refractivity contribution in [2.75, 3.05) is 33.9 Å². The number of carbonyl (C=O) groups is 1. The maximum atomic E-state index is 12.6. The van der Waals surface area contributed by atoms with E-state index >= 15 is 0 Å². The van der Waals surface area contributed by atoms with E-state index in [1.165, 1.54) is 25.8 Å². The van der Waals surface area contributed by atoms with E-state index < -0.39 is 0 Å². The number of hydrogen-bond donors (Lipinski definition) is 0. The summed E-state index contributed by atoms with van der Waals surface area (Å²) in [7, 11) is 3.26. The number of amides is 1. The molecule has 2 fully saturated rings. The Hall–Kier alpha value is -1.75. The minimum absolute atomic E-state index is 0.169. The van der Waals surface area contributed by atoms with Crippen LogP contribution in [0.5, 0.6) is 11.5 Å². The molecular formula is C19H28N2O3. The minimum atomic E-state index is 0.169. The van der Waals surface area contributed by atoms with Crippen molar-refractivity contribution in [1.29, 1.82) is 0 Å². The number of likely N-dealkylation sites (tertiary alicyclic amines) is 2. The number of benzene rings is 1. The lowest BCUT2D eigenvalue weighted by molar-refractivity contribution is -0.139. The van der Waals surface area contributed by atoms with Crippen molar-refractivity contribution in [1.82, 2.24) is 9.80 Å². The highest BCUT2D eigenvalue weighted by Gasteiger charge is 2.37. The van der Waals surface area contributed by atoms with E-state index in [-0.39, 0.29) is 5.91 Å². The fraction of sp³-hybridized carbons (Fsp3) is 0.632. The van der Waals surface area contributed by atoms with Gasteiger partial charge in [-0.05, 0) is 44.5 Å². The third-order valence-corrected chi connectivity index (χ3v) is 5.37.